The van der Waals surface area contributed by atoms with Gasteiger partial charge in [-0.2, -0.15) is 4.31 Å². The van der Waals surface area contributed by atoms with Gasteiger partial charge in [0, 0.05) is 13.1 Å². The molecule has 0 spiro atoms. The van der Waals surface area contributed by atoms with Crippen LogP contribution in [0.1, 0.15) is 23.7 Å². The third kappa shape index (κ3) is 4.66. The van der Waals surface area contributed by atoms with Crippen LogP contribution in [0.25, 0.3) is 0 Å². The summed E-state index contributed by atoms with van der Waals surface area (Å²) < 4.78 is 45.2. The average Bonchev–Trinajstić information content (AvgIpc) is 2.96. The van der Waals surface area contributed by atoms with Crippen molar-refractivity contribution in [2.75, 3.05) is 33.3 Å². The smallest absolute Gasteiger partial charge is 0.338 e. The van der Waals surface area contributed by atoms with Gasteiger partial charge in [-0.3, -0.25) is 0 Å². The molecular weight excluding hydrogens is 359 g/mol. The van der Waals surface area contributed by atoms with Crippen molar-refractivity contribution in [2.24, 2.45) is 5.92 Å². The van der Waals surface area contributed by atoms with Gasteiger partial charge in [-0.25, -0.2) is 17.6 Å². The highest BCUT2D eigenvalue weighted by molar-refractivity contribution is 7.89. The predicted molar refractivity (Wildman–Crippen MR) is 90.4 cm³/mol. The van der Waals surface area contributed by atoms with E-state index in [4.69, 9.17) is 4.74 Å². The van der Waals surface area contributed by atoms with E-state index in [1.165, 1.54) is 10.4 Å². The topological polar surface area (TPSA) is 75.7 Å². The van der Waals surface area contributed by atoms with Crippen LogP contribution in [0.2, 0.25) is 0 Å². The van der Waals surface area contributed by atoms with Gasteiger partial charge in [0.2, 0.25) is 10.0 Å². The van der Waals surface area contributed by atoms with Gasteiger partial charge in [0.25, 0.3) is 0 Å². The fourth-order valence-electron chi connectivity index (χ4n) is 2.66. The largest absolute Gasteiger partial charge is 0.462 e. The molecule has 2 rings (SSSR count). The lowest BCUT2D eigenvalue weighted by Gasteiger charge is -2.17. The Morgan fingerprint density at radius 3 is 2.75 bits per heavy atom. The Bertz CT molecular complexity index is 684. The summed E-state index contributed by atoms with van der Waals surface area (Å²) >= 11 is 0. The summed E-state index contributed by atoms with van der Waals surface area (Å²) in [5, 5.41) is 3.03. The molecule has 0 amide bonds. The molecule has 0 radical (unpaired) electrons. The highest BCUT2D eigenvalue weighted by Gasteiger charge is 2.33. The minimum Gasteiger partial charge on any atom is -0.462 e. The first-order chi connectivity index (χ1) is 10.9. The molecular formula is C15H22ClFN2O4S. The Morgan fingerprint density at radius 2 is 2.12 bits per heavy atom. The van der Waals surface area contributed by atoms with Gasteiger partial charge < -0.3 is 10.1 Å². The van der Waals surface area contributed by atoms with Crippen LogP contribution in [0.4, 0.5) is 4.39 Å². The first kappa shape index (κ1) is 20.8. The van der Waals surface area contributed by atoms with E-state index in [2.05, 4.69) is 5.32 Å². The first-order valence-electron chi connectivity index (χ1n) is 7.51. The summed E-state index contributed by atoms with van der Waals surface area (Å²) in [5.74, 6) is -1.29. The van der Waals surface area contributed by atoms with Gasteiger partial charge in [-0.05, 0) is 51.1 Å². The Hall–Kier alpha value is -1.22. The second kappa shape index (κ2) is 8.75. The lowest BCUT2D eigenvalue weighted by atomic mass is 10.1. The van der Waals surface area contributed by atoms with Crippen molar-refractivity contribution in [3.63, 3.8) is 0 Å². The van der Waals surface area contributed by atoms with Crippen LogP contribution in [-0.2, 0) is 14.8 Å². The average molecular weight is 381 g/mol. The van der Waals surface area contributed by atoms with Gasteiger partial charge in [-0.15, -0.1) is 12.4 Å². The molecule has 1 aliphatic rings. The zero-order valence-electron chi connectivity index (χ0n) is 13.6. The molecule has 0 aliphatic carbocycles. The highest BCUT2D eigenvalue weighted by atomic mass is 35.5. The molecule has 9 heteroatoms. The zero-order chi connectivity index (χ0) is 17.0. The van der Waals surface area contributed by atoms with E-state index >= 15 is 0 Å². The number of nitrogens with one attached hydrogen (secondary N) is 1. The molecule has 1 aromatic rings. The highest BCUT2D eigenvalue weighted by Crippen LogP contribution is 2.25. The molecule has 1 N–H and O–H groups in total. The predicted octanol–water partition coefficient (Wildman–Crippen LogP) is 1.65. The van der Waals surface area contributed by atoms with Gasteiger partial charge in [0.05, 0.1) is 17.1 Å². The molecule has 1 unspecified atom stereocenters. The number of halogens is 2. The Labute approximate surface area is 147 Å². The van der Waals surface area contributed by atoms with Gasteiger partial charge >= 0.3 is 5.97 Å². The van der Waals surface area contributed by atoms with E-state index in [0.29, 0.717) is 13.1 Å². The van der Waals surface area contributed by atoms with Crippen molar-refractivity contribution in [2.45, 2.75) is 18.2 Å². The van der Waals surface area contributed by atoms with Crippen molar-refractivity contribution >= 4 is 28.4 Å². The van der Waals surface area contributed by atoms with Crippen molar-refractivity contribution in [1.29, 1.82) is 0 Å². The fourth-order valence-corrected chi connectivity index (χ4v) is 4.25. The number of carbonyl (C=O) groups excluding carboxylic acids is 1. The normalized spacial score (nSPS) is 18.2. The summed E-state index contributed by atoms with van der Waals surface area (Å²) in [5.41, 5.74) is -0.101. The minimum atomic E-state index is -3.83. The Kier molecular flexibility index (Phi) is 7.59. The van der Waals surface area contributed by atoms with Gasteiger partial charge in [0.15, 0.2) is 0 Å². The SMILES string of the molecule is CCOC(=O)c1cc(F)cc(S(=O)(=O)N2CCC(CNC)C2)c1.Cl. The second-order valence-corrected chi connectivity index (χ2v) is 7.41. The zero-order valence-corrected chi connectivity index (χ0v) is 15.3. The molecule has 0 saturated carbocycles. The lowest BCUT2D eigenvalue weighted by Crippen LogP contribution is -2.30. The molecule has 1 saturated heterocycles. The monoisotopic (exact) mass is 380 g/mol. The maximum Gasteiger partial charge on any atom is 0.338 e. The number of rotatable bonds is 6. The third-order valence-corrected chi connectivity index (χ3v) is 5.60. The molecule has 0 bridgehead atoms. The summed E-state index contributed by atoms with van der Waals surface area (Å²) in [6, 6.07) is 3.08. The van der Waals surface area contributed by atoms with Crippen LogP contribution in [-0.4, -0.2) is 52.0 Å². The van der Waals surface area contributed by atoms with E-state index < -0.39 is 21.8 Å². The van der Waals surface area contributed by atoms with Crippen molar-refractivity contribution < 1.29 is 22.3 Å². The molecule has 24 heavy (non-hydrogen) atoms. The number of ether oxygens (including phenoxy) is 1. The summed E-state index contributed by atoms with van der Waals surface area (Å²) in [4.78, 5) is 11.5. The molecule has 1 atom stereocenters. The Morgan fingerprint density at radius 1 is 1.42 bits per heavy atom. The first-order valence-corrected chi connectivity index (χ1v) is 8.95. The second-order valence-electron chi connectivity index (χ2n) is 5.47. The minimum absolute atomic E-state index is 0. The standard InChI is InChI=1S/C15H21FN2O4S.ClH/c1-3-22-15(19)12-6-13(16)8-14(7-12)23(20,21)18-5-4-11(10-18)9-17-2;/h6-8,11,17H,3-5,9-10H2,1-2H3;1H. The van der Waals surface area contributed by atoms with E-state index in [1.807, 2.05) is 7.05 Å². The van der Waals surface area contributed by atoms with Crippen LogP contribution < -0.4 is 5.32 Å². The molecule has 1 fully saturated rings. The number of sulfonamides is 1. The number of nitrogens with zero attached hydrogens (tertiary/aromatic N) is 1. The lowest BCUT2D eigenvalue weighted by molar-refractivity contribution is 0.0525. The third-order valence-electron chi connectivity index (χ3n) is 3.76. The summed E-state index contributed by atoms with van der Waals surface area (Å²) in [6.45, 7) is 3.26. The summed E-state index contributed by atoms with van der Waals surface area (Å²) in [7, 11) is -2.01. The van der Waals surface area contributed by atoms with E-state index in [1.54, 1.807) is 6.92 Å². The van der Waals surface area contributed by atoms with Gasteiger partial charge in [-0.1, -0.05) is 0 Å². The maximum absolute atomic E-state index is 13.7. The van der Waals surface area contributed by atoms with Crippen LogP contribution in [0.3, 0.4) is 0 Å². The molecule has 0 aromatic heterocycles. The van der Waals surface area contributed by atoms with Crippen LogP contribution in [0.15, 0.2) is 23.1 Å². The summed E-state index contributed by atoms with van der Waals surface area (Å²) in [6.07, 6.45) is 0.750. The number of benzene rings is 1. The number of hydrogen-bond donors (Lipinski definition) is 1. The van der Waals surface area contributed by atoms with E-state index in [-0.39, 0.29) is 35.4 Å². The number of hydrogen-bond acceptors (Lipinski definition) is 5. The maximum atomic E-state index is 13.7. The molecule has 6 nitrogen and oxygen atoms in total. The number of carbonyl (C=O) groups is 1. The van der Waals surface area contributed by atoms with Crippen molar-refractivity contribution in [1.82, 2.24) is 9.62 Å². The molecule has 1 heterocycles. The fraction of sp³-hybridized carbons (Fsp3) is 0.533. The van der Waals surface area contributed by atoms with E-state index in [9.17, 15) is 17.6 Å². The van der Waals surface area contributed by atoms with Crippen molar-refractivity contribution in [3.05, 3.63) is 29.6 Å². The Balaban J connectivity index is 0.00000288. The van der Waals surface area contributed by atoms with Crippen LogP contribution in [0.5, 0.6) is 0 Å². The van der Waals surface area contributed by atoms with Gasteiger partial charge in [0.1, 0.15) is 5.82 Å². The molecule has 1 aromatic carbocycles. The van der Waals surface area contributed by atoms with E-state index in [0.717, 1.165) is 25.1 Å². The molecule has 136 valence electrons. The van der Waals surface area contributed by atoms with Crippen LogP contribution >= 0.6 is 12.4 Å². The van der Waals surface area contributed by atoms with Crippen LogP contribution in [0, 0.1) is 11.7 Å². The number of esters is 1. The quantitative estimate of drug-likeness (QED) is 0.759. The van der Waals surface area contributed by atoms with Crippen molar-refractivity contribution in [3.8, 4) is 0 Å². The molecule has 1 aliphatic heterocycles.